The number of hydrogen-bond donors (Lipinski definition) is 1. The summed E-state index contributed by atoms with van der Waals surface area (Å²) >= 11 is 0. The molecule has 1 aromatic rings. The van der Waals surface area contributed by atoms with Crippen molar-refractivity contribution >= 4 is 12.3 Å². The number of benzene rings is 1. The van der Waals surface area contributed by atoms with E-state index in [1.165, 1.54) is 11.1 Å². The van der Waals surface area contributed by atoms with Crippen LogP contribution in [0.25, 0.3) is 0 Å². The quantitative estimate of drug-likeness (QED) is 0.705. The van der Waals surface area contributed by atoms with Crippen LogP contribution in [0.5, 0.6) is 0 Å². The molecule has 1 N–H and O–H groups in total. The Hall–Kier alpha value is -2.14. The number of rotatable bonds is 8. The molecule has 1 aliphatic heterocycles. The second-order valence-corrected chi connectivity index (χ2v) is 9.86. The Balaban J connectivity index is 1.39. The lowest BCUT2D eigenvalue weighted by Crippen LogP contribution is -2.44. The smallest absolute Gasteiger partial charge is 0.410 e. The Morgan fingerprint density at radius 3 is 2.66 bits per heavy atom. The molecule has 1 amide bonds. The van der Waals surface area contributed by atoms with E-state index in [9.17, 15) is 4.79 Å². The Labute approximate surface area is 174 Å². The van der Waals surface area contributed by atoms with Crippen molar-refractivity contribution in [2.45, 2.75) is 64.0 Å². The molecule has 5 heteroatoms. The molecule has 1 heterocycles. The van der Waals surface area contributed by atoms with E-state index < -0.39 is 5.60 Å². The summed E-state index contributed by atoms with van der Waals surface area (Å²) < 4.78 is 5.79. The number of ether oxygens (including phenoxy) is 1. The summed E-state index contributed by atoms with van der Waals surface area (Å²) in [4.78, 5) is 19.3. The highest BCUT2D eigenvalue weighted by Crippen LogP contribution is 2.51. The summed E-state index contributed by atoms with van der Waals surface area (Å²) in [6, 6.07) is 10.8. The zero-order valence-electron chi connectivity index (χ0n) is 17.9. The standard InChI is InChI=1S/C24H33N3O2/c1-23(2,3)29-22(28)27(21-13-20(21)19-7-5-4-6-8-19)17-24(10-11-24)16-26-15-18-9-12-25-14-18/h4-8,12,14,20-21,26H,9-11,13,15-17H2,1-3H3/t20?,21-/m0/s1. The first-order valence-corrected chi connectivity index (χ1v) is 10.8. The van der Waals surface area contributed by atoms with Crippen LogP contribution in [0.3, 0.4) is 0 Å². The normalized spacial score (nSPS) is 24.2. The molecule has 1 aromatic carbocycles. The molecule has 0 radical (unpaired) electrons. The van der Waals surface area contributed by atoms with Crippen molar-refractivity contribution in [3.05, 3.63) is 47.7 Å². The first kappa shape index (κ1) is 20.1. The van der Waals surface area contributed by atoms with E-state index in [-0.39, 0.29) is 17.6 Å². The van der Waals surface area contributed by atoms with E-state index in [4.69, 9.17) is 4.74 Å². The van der Waals surface area contributed by atoms with Gasteiger partial charge in [0, 0.05) is 55.8 Å². The lowest BCUT2D eigenvalue weighted by atomic mass is 10.1. The van der Waals surface area contributed by atoms with Crippen LogP contribution in [0.4, 0.5) is 4.79 Å². The van der Waals surface area contributed by atoms with Gasteiger partial charge in [-0.15, -0.1) is 0 Å². The van der Waals surface area contributed by atoms with E-state index in [0.29, 0.717) is 5.92 Å². The molecular formula is C24H33N3O2. The van der Waals surface area contributed by atoms with Gasteiger partial charge in [0.15, 0.2) is 0 Å². The van der Waals surface area contributed by atoms with Crippen molar-refractivity contribution in [3.63, 3.8) is 0 Å². The number of amides is 1. The van der Waals surface area contributed by atoms with E-state index in [0.717, 1.165) is 45.3 Å². The summed E-state index contributed by atoms with van der Waals surface area (Å²) in [7, 11) is 0. The van der Waals surface area contributed by atoms with Crippen molar-refractivity contribution in [3.8, 4) is 0 Å². The van der Waals surface area contributed by atoms with Gasteiger partial charge in [-0.05, 0) is 51.2 Å². The Bertz CT molecular complexity index is 790. The van der Waals surface area contributed by atoms with Gasteiger partial charge in [-0.1, -0.05) is 30.3 Å². The summed E-state index contributed by atoms with van der Waals surface area (Å²) in [5.74, 6) is 0.424. The average Bonchev–Trinajstić information content (AvgIpc) is 3.57. The van der Waals surface area contributed by atoms with Crippen LogP contribution in [0, 0.1) is 5.41 Å². The minimum absolute atomic E-state index is 0.167. The molecule has 3 aliphatic rings. The highest BCUT2D eigenvalue weighted by molar-refractivity contribution is 5.69. The maximum atomic E-state index is 13.1. The van der Waals surface area contributed by atoms with Crippen molar-refractivity contribution in [2.75, 3.05) is 19.6 Å². The molecule has 29 heavy (non-hydrogen) atoms. The molecule has 0 saturated heterocycles. The van der Waals surface area contributed by atoms with Gasteiger partial charge in [0.25, 0.3) is 0 Å². The Morgan fingerprint density at radius 1 is 1.28 bits per heavy atom. The van der Waals surface area contributed by atoms with Crippen LogP contribution in [0.1, 0.15) is 57.9 Å². The monoisotopic (exact) mass is 395 g/mol. The van der Waals surface area contributed by atoms with E-state index in [1.807, 2.05) is 44.2 Å². The molecule has 5 nitrogen and oxygen atoms in total. The summed E-state index contributed by atoms with van der Waals surface area (Å²) in [5.41, 5.74) is 2.36. The lowest BCUT2D eigenvalue weighted by Gasteiger charge is -2.31. The lowest BCUT2D eigenvalue weighted by molar-refractivity contribution is 0.0188. The number of carbonyl (C=O) groups is 1. The molecule has 1 unspecified atom stereocenters. The first-order valence-electron chi connectivity index (χ1n) is 10.8. The minimum atomic E-state index is -0.476. The van der Waals surface area contributed by atoms with Crippen molar-refractivity contribution in [1.82, 2.24) is 10.2 Å². The maximum absolute atomic E-state index is 13.1. The fourth-order valence-corrected chi connectivity index (χ4v) is 4.14. The molecule has 0 bridgehead atoms. The van der Waals surface area contributed by atoms with Crippen LogP contribution in [0.15, 0.2) is 47.1 Å². The summed E-state index contributed by atoms with van der Waals surface area (Å²) in [5, 5.41) is 3.60. The van der Waals surface area contributed by atoms with Crippen LogP contribution >= 0.6 is 0 Å². The summed E-state index contributed by atoms with van der Waals surface area (Å²) in [6.45, 7) is 8.42. The largest absolute Gasteiger partial charge is 0.444 e. The SMILES string of the molecule is CC(C)(C)OC(=O)N(CC1(CNCC2=CN=CC2)CC1)[C@H]1CC1c1ccccc1. The Kier molecular flexibility index (Phi) is 5.52. The highest BCUT2D eigenvalue weighted by Gasteiger charge is 2.51. The number of carbonyl (C=O) groups excluding carboxylic acids is 1. The first-order chi connectivity index (χ1) is 13.9. The van der Waals surface area contributed by atoms with E-state index in [2.05, 4.69) is 34.6 Å². The molecule has 2 saturated carbocycles. The predicted octanol–water partition coefficient (Wildman–Crippen LogP) is 4.51. The van der Waals surface area contributed by atoms with E-state index >= 15 is 0 Å². The molecule has 156 valence electrons. The van der Waals surface area contributed by atoms with Gasteiger partial charge in [-0.2, -0.15) is 0 Å². The zero-order valence-corrected chi connectivity index (χ0v) is 17.9. The van der Waals surface area contributed by atoms with Gasteiger partial charge >= 0.3 is 6.09 Å². The fourth-order valence-electron chi connectivity index (χ4n) is 4.14. The topological polar surface area (TPSA) is 53.9 Å². The second-order valence-electron chi connectivity index (χ2n) is 9.86. The van der Waals surface area contributed by atoms with Crippen LogP contribution in [-0.4, -0.2) is 48.5 Å². The Morgan fingerprint density at radius 2 is 2.03 bits per heavy atom. The summed E-state index contributed by atoms with van der Waals surface area (Å²) in [6.07, 6.45) is 8.04. The van der Waals surface area contributed by atoms with Gasteiger partial charge in [-0.3, -0.25) is 4.99 Å². The number of nitrogens with zero attached hydrogens (tertiary/aromatic N) is 2. The number of nitrogens with one attached hydrogen (secondary N) is 1. The number of aliphatic imine (C=N–C) groups is 1. The van der Waals surface area contributed by atoms with Gasteiger partial charge in [-0.25, -0.2) is 4.79 Å². The van der Waals surface area contributed by atoms with Crippen molar-refractivity contribution < 1.29 is 9.53 Å². The minimum Gasteiger partial charge on any atom is -0.444 e. The molecule has 0 aromatic heterocycles. The second kappa shape index (κ2) is 7.94. The molecule has 2 aliphatic carbocycles. The molecule has 0 spiro atoms. The van der Waals surface area contributed by atoms with Crippen LogP contribution < -0.4 is 5.32 Å². The molecule has 2 atom stereocenters. The average molecular weight is 396 g/mol. The van der Waals surface area contributed by atoms with Crippen molar-refractivity contribution in [2.24, 2.45) is 10.4 Å². The van der Waals surface area contributed by atoms with Crippen LogP contribution in [-0.2, 0) is 4.74 Å². The maximum Gasteiger partial charge on any atom is 0.410 e. The third-order valence-corrected chi connectivity index (χ3v) is 6.04. The van der Waals surface area contributed by atoms with Crippen molar-refractivity contribution in [1.29, 1.82) is 0 Å². The van der Waals surface area contributed by atoms with Crippen LogP contribution in [0.2, 0.25) is 0 Å². The fraction of sp³-hybridized carbons (Fsp3) is 0.583. The number of hydrogen-bond acceptors (Lipinski definition) is 4. The van der Waals surface area contributed by atoms with Gasteiger partial charge in [0.05, 0.1) is 0 Å². The third kappa shape index (κ3) is 5.27. The van der Waals surface area contributed by atoms with Gasteiger partial charge in [0.2, 0.25) is 0 Å². The van der Waals surface area contributed by atoms with E-state index in [1.54, 1.807) is 0 Å². The predicted molar refractivity (Wildman–Crippen MR) is 116 cm³/mol. The third-order valence-electron chi connectivity index (χ3n) is 6.04. The molecular weight excluding hydrogens is 362 g/mol. The van der Waals surface area contributed by atoms with Gasteiger partial charge in [0.1, 0.15) is 5.60 Å². The van der Waals surface area contributed by atoms with Gasteiger partial charge < -0.3 is 15.0 Å². The molecule has 4 rings (SSSR count). The zero-order chi connectivity index (χ0) is 20.5. The molecule has 2 fully saturated rings. The highest BCUT2D eigenvalue weighted by atomic mass is 16.6.